The van der Waals surface area contributed by atoms with Crippen LogP contribution in [0.25, 0.3) is 11.0 Å². The summed E-state index contributed by atoms with van der Waals surface area (Å²) in [6.45, 7) is 1.76. The molecule has 0 aliphatic carbocycles. The normalized spacial score (nSPS) is 10.8. The van der Waals surface area contributed by atoms with Gasteiger partial charge in [-0.3, -0.25) is 4.79 Å². The lowest BCUT2D eigenvalue weighted by molar-refractivity contribution is -0.117. The number of hydrogen-bond acceptors (Lipinski definition) is 3. The van der Waals surface area contributed by atoms with E-state index >= 15 is 0 Å². The molecule has 0 radical (unpaired) electrons. The zero-order valence-electron chi connectivity index (χ0n) is 8.20. The number of nitrogens with two attached hydrogens (primary N) is 1. The SMILES string of the molecule is CC(=O)Cn1c(N)nc2cc(Cl)ccc21. The number of anilines is 1. The molecule has 0 fully saturated rings. The number of benzene rings is 1. The summed E-state index contributed by atoms with van der Waals surface area (Å²) >= 11 is 5.83. The van der Waals surface area contributed by atoms with E-state index < -0.39 is 0 Å². The largest absolute Gasteiger partial charge is 0.369 e. The van der Waals surface area contributed by atoms with Gasteiger partial charge in [0.1, 0.15) is 5.78 Å². The van der Waals surface area contributed by atoms with Crippen molar-refractivity contribution in [1.82, 2.24) is 9.55 Å². The van der Waals surface area contributed by atoms with Crippen LogP contribution in [-0.2, 0) is 11.3 Å². The summed E-state index contributed by atoms with van der Waals surface area (Å²) < 4.78 is 1.67. The molecule has 0 aliphatic rings. The van der Waals surface area contributed by atoms with E-state index in [0.717, 1.165) is 5.52 Å². The third kappa shape index (κ3) is 1.80. The minimum Gasteiger partial charge on any atom is -0.369 e. The second kappa shape index (κ2) is 3.55. The summed E-state index contributed by atoms with van der Waals surface area (Å²) in [7, 11) is 0. The topological polar surface area (TPSA) is 60.9 Å². The second-order valence-electron chi connectivity index (χ2n) is 3.39. The van der Waals surface area contributed by atoms with Gasteiger partial charge in [0.25, 0.3) is 0 Å². The fourth-order valence-electron chi connectivity index (χ4n) is 1.51. The molecule has 0 unspecified atom stereocenters. The average molecular weight is 224 g/mol. The van der Waals surface area contributed by atoms with Crippen LogP contribution in [0.2, 0.25) is 5.02 Å². The number of imidazole rings is 1. The Bertz CT molecular complexity index is 533. The highest BCUT2D eigenvalue weighted by Crippen LogP contribution is 2.21. The Balaban J connectivity index is 2.63. The summed E-state index contributed by atoms with van der Waals surface area (Å²) in [5, 5.41) is 0.606. The first-order valence-electron chi connectivity index (χ1n) is 4.48. The van der Waals surface area contributed by atoms with Gasteiger partial charge in [0.2, 0.25) is 5.95 Å². The van der Waals surface area contributed by atoms with Gasteiger partial charge in [0, 0.05) is 5.02 Å². The first-order valence-corrected chi connectivity index (χ1v) is 4.86. The minimum atomic E-state index is 0.0379. The van der Waals surface area contributed by atoms with Crippen molar-refractivity contribution in [2.24, 2.45) is 0 Å². The van der Waals surface area contributed by atoms with E-state index in [0.29, 0.717) is 16.5 Å². The van der Waals surface area contributed by atoms with Crippen molar-refractivity contribution in [3.8, 4) is 0 Å². The molecule has 0 aliphatic heterocycles. The molecule has 4 nitrogen and oxygen atoms in total. The quantitative estimate of drug-likeness (QED) is 0.846. The molecule has 2 rings (SSSR count). The summed E-state index contributed by atoms with van der Waals surface area (Å²) in [4.78, 5) is 15.2. The number of hydrogen-bond donors (Lipinski definition) is 1. The molecule has 0 amide bonds. The number of fused-ring (bicyclic) bond motifs is 1. The van der Waals surface area contributed by atoms with Crippen LogP contribution >= 0.6 is 11.6 Å². The molecule has 0 spiro atoms. The number of nitrogens with zero attached hydrogens (tertiary/aromatic N) is 2. The molecule has 15 heavy (non-hydrogen) atoms. The minimum absolute atomic E-state index is 0.0379. The van der Waals surface area contributed by atoms with Gasteiger partial charge >= 0.3 is 0 Å². The molecule has 1 aromatic heterocycles. The number of aromatic nitrogens is 2. The predicted molar refractivity (Wildman–Crippen MR) is 59.8 cm³/mol. The van der Waals surface area contributed by atoms with Crippen molar-refractivity contribution < 1.29 is 4.79 Å². The van der Waals surface area contributed by atoms with Crippen LogP contribution in [-0.4, -0.2) is 15.3 Å². The molecule has 0 atom stereocenters. The van der Waals surface area contributed by atoms with Gasteiger partial charge < -0.3 is 10.3 Å². The van der Waals surface area contributed by atoms with Crippen LogP contribution < -0.4 is 5.73 Å². The zero-order valence-corrected chi connectivity index (χ0v) is 8.95. The van der Waals surface area contributed by atoms with Crippen molar-refractivity contribution >= 4 is 34.4 Å². The van der Waals surface area contributed by atoms with Crippen molar-refractivity contribution in [3.05, 3.63) is 23.2 Å². The van der Waals surface area contributed by atoms with Crippen LogP contribution in [0.15, 0.2) is 18.2 Å². The van der Waals surface area contributed by atoms with Crippen LogP contribution in [0.1, 0.15) is 6.92 Å². The van der Waals surface area contributed by atoms with Gasteiger partial charge in [0.05, 0.1) is 17.6 Å². The maximum atomic E-state index is 11.0. The molecule has 0 saturated heterocycles. The Morgan fingerprint density at radius 1 is 1.60 bits per heavy atom. The Morgan fingerprint density at radius 3 is 3.00 bits per heavy atom. The van der Waals surface area contributed by atoms with Crippen LogP contribution in [0.4, 0.5) is 5.95 Å². The molecule has 0 saturated carbocycles. The van der Waals surface area contributed by atoms with Crippen molar-refractivity contribution in [1.29, 1.82) is 0 Å². The highest BCUT2D eigenvalue weighted by atomic mass is 35.5. The maximum absolute atomic E-state index is 11.0. The second-order valence-corrected chi connectivity index (χ2v) is 3.83. The van der Waals surface area contributed by atoms with Crippen molar-refractivity contribution in [2.45, 2.75) is 13.5 Å². The summed E-state index contributed by atoms with van der Waals surface area (Å²) in [5.41, 5.74) is 7.24. The summed E-state index contributed by atoms with van der Waals surface area (Å²) in [5.74, 6) is 0.374. The third-order valence-corrected chi connectivity index (χ3v) is 2.36. The monoisotopic (exact) mass is 223 g/mol. The van der Waals surface area contributed by atoms with E-state index in [-0.39, 0.29) is 12.3 Å². The highest BCUT2D eigenvalue weighted by Gasteiger charge is 2.09. The van der Waals surface area contributed by atoms with E-state index in [1.807, 2.05) is 6.07 Å². The molecule has 78 valence electrons. The standard InChI is InChI=1S/C10H10ClN3O/c1-6(15)5-14-9-3-2-7(11)4-8(9)13-10(14)12/h2-4H,5H2,1H3,(H2,12,13). The summed E-state index contributed by atoms with van der Waals surface area (Å²) in [6.07, 6.45) is 0. The molecular formula is C10H10ClN3O. The first kappa shape index (κ1) is 9.98. The molecule has 5 heteroatoms. The smallest absolute Gasteiger partial charge is 0.201 e. The Hall–Kier alpha value is -1.55. The fourth-order valence-corrected chi connectivity index (χ4v) is 1.68. The van der Waals surface area contributed by atoms with Crippen LogP contribution in [0, 0.1) is 0 Å². The number of ketones is 1. The molecule has 2 aromatic rings. The van der Waals surface area contributed by atoms with Crippen molar-refractivity contribution in [3.63, 3.8) is 0 Å². The lowest BCUT2D eigenvalue weighted by atomic mass is 10.3. The first-order chi connectivity index (χ1) is 7.08. The number of carbonyl (C=O) groups excluding carboxylic acids is 1. The van der Waals surface area contributed by atoms with E-state index in [4.69, 9.17) is 17.3 Å². The molecule has 1 aromatic carbocycles. The third-order valence-electron chi connectivity index (χ3n) is 2.12. The molecular weight excluding hydrogens is 214 g/mol. The van der Waals surface area contributed by atoms with E-state index in [1.165, 1.54) is 6.92 Å². The Kier molecular flexibility index (Phi) is 2.36. The van der Waals surface area contributed by atoms with Gasteiger partial charge in [-0.15, -0.1) is 0 Å². The molecule has 1 heterocycles. The average Bonchev–Trinajstić information content (AvgIpc) is 2.41. The number of rotatable bonds is 2. The predicted octanol–water partition coefficient (Wildman–Crippen LogP) is 1.86. The lowest BCUT2D eigenvalue weighted by Crippen LogP contribution is -2.09. The van der Waals surface area contributed by atoms with Crippen LogP contribution in [0.5, 0.6) is 0 Å². The van der Waals surface area contributed by atoms with Crippen LogP contribution in [0.3, 0.4) is 0 Å². The fraction of sp³-hybridized carbons (Fsp3) is 0.200. The highest BCUT2D eigenvalue weighted by molar-refractivity contribution is 6.31. The number of nitrogen functional groups attached to an aromatic ring is 1. The number of carbonyl (C=O) groups is 1. The summed E-state index contributed by atoms with van der Waals surface area (Å²) in [6, 6.07) is 5.29. The van der Waals surface area contributed by atoms with Gasteiger partial charge in [-0.05, 0) is 25.1 Å². The number of Topliss-reactive ketones (excluding diaryl/α,β-unsaturated/α-hetero) is 1. The Labute approximate surface area is 91.7 Å². The number of halogens is 1. The van der Waals surface area contributed by atoms with Gasteiger partial charge in [-0.25, -0.2) is 4.98 Å². The van der Waals surface area contributed by atoms with Crippen molar-refractivity contribution in [2.75, 3.05) is 5.73 Å². The molecule has 2 N–H and O–H groups in total. The van der Waals surface area contributed by atoms with E-state index in [1.54, 1.807) is 16.7 Å². The zero-order chi connectivity index (χ0) is 11.0. The van der Waals surface area contributed by atoms with Gasteiger partial charge in [-0.2, -0.15) is 0 Å². The maximum Gasteiger partial charge on any atom is 0.201 e. The Morgan fingerprint density at radius 2 is 2.33 bits per heavy atom. The van der Waals surface area contributed by atoms with Gasteiger partial charge in [0.15, 0.2) is 0 Å². The van der Waals surface area contributed by atoms with E-state index in [2.05, 4.69) is 4.98 Å². The molecule has 0 bridgehead atoms. The van der Waals surface area contributed by atoms with Gasteiger partial charge in [-0.1, -0.05) is 11.6 Å². The lowest BCUT2D eigenvalue weighted by Gasteiger charge is -2.02. The van der Waals surface area contributed by atoms with E-state index in [9.17, 15) is 4.79 Å².